The number of aromatic nitrogens is 1. The van der Waals surface area contributed by atoms with Crippen LogP contribution in [0.15, 0.2) is 40.9 Å². The maximum absolute atomic E-state index is 5.66. The Morgan fingerprint density at radius 3 is 2.88 bits per heavy atom. The van der Waals surface area contributed by atoms with Crippen molar-refractivity contribution in [1.29, 1.82) is 0 Å². The summed E-state index contributed by atoms with van der Waals surface area (Å²) in [4.78, 5) is 4.24. The molecular formula is C12H13ClN2O. The number of nitrogens with one attached hydrogen (secondary N) is 1. The molecule has 0 bridgehead atoms. The van der Waals surface area contributed by atoms with Gasteiger partial charge in [0.2, 0.25) is 0 Å². The van der Waals surface area contributed by atoms with Crippen LogP contribution < -0.4 is 5.32 Å². The summed E-state index contributed by atoms with van der Waals surface area (Å²) in [6.07, 6.45) is 2.72. The highest BCUT2D eigenvalue weighted by atomic mass is 35.5. The molecule has 0 radical (unpaired) electrons. The average molecular weight is 237 g/mol. The summed E-state index contributed by atoms with van der Waals surface area (Å²) in [5.74, 6) is 0.853. The van der Waals surface area contributed by atoms with Crippen LogP contribution in [0.25, 0.3) is 0 Å². The van der Waals surface area contributed by atoms with E-state index >= 15 is 0 Å². The molecule has 0 amide bonds. The lowest BCUT2D eigenvalue weighted by molar-refractivity contribution is 0.485. The molecule has 2 rings (SSSR count). The van der Waals surface area contributed by atoms with Gasteiger partial charge >= 0.3 is 0 Å². The molecule has 2 heterocycles. The minimum atomic E-state index is 0.432. The van der Waals surface area contributed by atoms with E-state index in [0.717, 1.165) is 24.4 Å². The molecule has 0 saturated carbocycles. The fourth-order valence-corrected chi connectivity index (χ4v) is 1.58. The fourth-order valence-electron chi connectivity index (χ4n) is 1.42. The fraction of sp³-hybridized carbons (Fsp3) is 0.250. The van der Waals surface area contributed by atoms with Crippen LogP contribution in [0.3, 0.4) is 0 Å². The maximum Gasteiger partial charge on any atom is 0.193 e. The second kappa shape index (κ2) is 5.68. The maximum atomic E-state index is 5.66. The van der Waals surface area contributed by atoms with Gasteiger partial charge in [-0.25, -0.2) is 0 Å². The first-order chi connectivity index (χ1) is 7.84. The van der Waals surface area contributed by atoms with Crippen LogP contribution >= 0.6 is 11.6 Å². The summed E-state index contributed by atoms with van der Waals surface area (Å²) < 4.78 is 5.22. The molecule has 0 fully saturated rings. The number of furan rings is 1. The molecule has 0 unspecified atom stereocenters. The predicted molar refractivity (Wildman–Crippen MR) is 63.4 cm³/mol. The van der Waals surface area contributed by atoms with E-state index < -0.39 is 0 Å². The van der Waals surface area contributed by atoms with Crippen molar-refractivity contribution in [3.8, 4) is 0 Å². The van der Waals surface area contributed by atoms with Crippen LogP contribution in [0.5, 0.6) is 0 Å². The van der Waals surface area contributed by atoms with Gasteiger partial charge in [-0.3, -0.25) is 4.98 Å². The lowest BCUT2D eigenvalue weighted by Gasteiger charge is -2.01. The molecule has 2 aromatic heterocycles. The summed E-state index contributed by atoms with van der Waals surface area (Å²) in [6.45, 7) is 1.56. The van der Waals surface area contributed by atoms with Crippen LogP contribution in [0.4, 0.5) is 0 Å². The van der Waals surface area contributed by atoms with Crippen LogP contribution in [0.2, 0.25) is 5.22 Å². The number of rotatable bonds is 5. The molecule has 0 atom stereocenters. The van der Waals surface area contributed by atoms with Crippen molar-refractivity contribution < 1.29 is 4.42 Å². The van der Waals surface area contributed by atoms with Gasteiger partial charge in [0.25, 0.3) is 0 Å². The van der Waals surface area contributed by atoms with Crippen molar-refractivity contribution >= 4 is 11.6 Å². The Kier molecular flexibility index (Phi) is 3.97. The van der Waals surface area contributed by atoms with Gasteiger partial charge in [0.1, 0.15) is 5.76 Å². The van der Waals surface area contributed by atoms with Crippen LogP contribution in [0, 0.1) is 0 Å². The van der Waals surface area contributed by atoms with Crippen molar-refractivity contribution in [2.24, 2.45) is 0 Å². The van der Waals surface area contributed by atoms with Gasteiger partial charge in [-0.1, -0.05) is 6.07 Å². The molecule has 4 heteroatoms. The summed E-state index contributed by atoms with van der Waals surface area (Å²) in [7, 11) is 0. The van der Waals surface area contributed by atoms with Gasteiger partial charge in [-0.05, 0) is 35.9 Å². The van der Waals surface area contributed by atoms with Crippen molar-refractivity contribution in [3.05, 3.63) is 53.2 Å². The van der Waals surface area contributed by atoms with E-state index in [2.05, 4.69) is 10.3 Å². The Morgan fingerprint density at radius 2 is 2.19 bits per heavy atom. The summed E-state index contributed by atoms with van der Waals surface area (Å²) in [5, 5.41) is 3.70. The molecule has 16 heavy (non-hydrogen) atoms. The minimum Gasteiger partial charge on any atom is -0.448 e. The summed E-state index contributed by atoms with van der Waals surface area (Å²) in [5.41, 5.74) is 1.09. The van der Waals surface area contributed by atoms with Gasteiger partial charge in [0, 0.05) is 24.9 Å². The van der Waals surface area contributed by atoms with Crippen LogP contribution in [0.1, 0.15) is 11.5 Å². The Morgan fingerprint density at radius 1 is 1.25 bits per heavy atom. The third kappa shape index (κ3) is 3.36. The van der Waals surface area contributed by atoms with Gasteiger partial charge in [0.05, 0.1) is 6.54 Å². The number of hydrogen-bond donors (Lipinski definition) is 1. The van der Waals surface area contributed by atoms with E-state index in [1.807, 2.05) is 30.5 Å². The highest BCUT2D eigenvalue weighted by Gasteiger charge is 1.99. The first kappa shape index (κ1) is 11.2. The second-order valence-electron chi connectivity index (χ2n) is 3.45. The van der Waals surface area contributed by atoms with Crippen LogP contribution in [-0.4, -0.2) is 11.5 Å². The molecule has 0 aromatic carbocycles. The van der Waals surface area contributed by atoms with Crippen molar-refractivity contribution in [3.63, 3.8) is 0 Å². The van der Waals surface area contributed by atoms with Gasteiger partial charge in [-0.15, -0.1) is 0 Å². The lowest BCUT2D eigenvalue weighted by Crippen LogP contribution is -2.16. The number of pyridine rings is 1. The molecule has 84 valence electrons. The molecule has 0 aliphatic carbocycles. The van der Waals surface area contributed by atoms with E-state index in [4.69, 9.17) is 16.0 Å². The highest BCUT2D eigenvalue weighted by molar-refractivity contribution is 6.28. The zero-order chi connectivity index (χ0) is 11.2. The zero-order valence-electron chi connectivity index (χ0n) is 8.82. The number of hydrogen-bond acceptors (Lipinski definition) is 3. The van der Waals surface area contributed by atoms with Crippen molar-refractivity contribution in [2.75, 3.05) is 6.54 Å². The normalized spacial score (nSPS) is 10.6. The minimum absolute atomic E-state index is 0.432. The number of nitrogens with zero attached hydrogens (tertiary/aromatic N) is 1. The quantitative estimate of drug-likeness (QED) is 0.812. The molecule has 0 spiro atoms. The average Bonchev–Trinajstić information content (AvgIpc) is 2.72. The molecule has 0 aliphatic heterocycles. The highest BCUT2D eigenvalue weighted by Crippen LogP contribution is 2.12. The van der Waals surface area contributed by atoms with Crippen molar-refractivity contribution in [2.45, 2.75) is 13.0 Å². The molecule has 2 aromatic rings. The molecular weight excluding hydrogens is 224 g/mol. The lowest BCUT2D eigenvalue weighted by atomic mass is 10.3. The third-order valence-corrected chi connectivity index (χ3v) is 2.42. The van der Waals surface area contributed by atoms with Crippen LogP contribution in [-0.2, 0) is 13.0 Å². The second-order valence-corrected chi connectivity index (χ2v) is 3.83. The summed E-state index contributed by atoms with van der Waals surface area (Å²) >= 11 is 5.66. The smallest absolute Gasteiger partial charge is 0.193 e. The van der Waals surface area contributed by atoms with E-state index in [1.165, 1.54) is 0 Å². The van der Waals surface area contributed by atoms with E-state index in [9.17, 15) is 0 Å². The van der Waals surface area contributed by atoms with E-state index in [0.29, 0.717) is 11.8 Å². The molecule has 0 aliphatic rings. The largest absolute Gasteiger partial charge is 0.448 e. The van der Waals surface area contributed by atoms with E-state index in [-0.39, 0.29) is 0 Å². The van der Waals surface area contributed by atoms with Gasteiger partial charge in [0.15, 0.2) is 5.22 Å². The predicted octanol–water partition coefficient (Wildman–Crippen LogP) is 2.66. The SMILES string of the molecule is Clc1ccc(CNCCc2ccccn2)o1. The third-order valence-electron chi connectivity index (χ3n) is 2.21. The molecule has 0 saturated heterocycles. The Labute approximate surface area is 99.5 Å². The summed E-state index contributed by atoms with van der Waals surface area (Å²) in [6, 6.07) is 9.55. The topological polar surface area (TPSA) is 38.1 Å². The first-order valence-electron chi connectivity index (χ1n) is 5.19. The number of halogens is 1. The van der Waals surface area contributed by atoms with Gasteiger partial charge in [-0.2, -0.15) is 0 Å². The van der Waals surface area contributed by atoms with Crippen molar-refractivity contribution in [1.82, 2.24) is 10.3 Å². The Bertz CT molecular complexity index is 428. The zero-order valence-corrected chi connectivity index (χ0v) is 9.57. The first-order valence-corrected chi connectivity index (χ1v) is 5.57. The Hall–Kier alpha value is -1.32. The molecule has 1 N–H and O–H groups in total. The van der Waals surface area contributed by atoms with E-state index in [1.54, 1.807) is 6.07 Å². The Balaban J connectivity index is 1.69. The standard InChI is InChI=1S/C12H13ClN2O/c13-12-5-4-11(16-12)9-14-8-6-10-3-1-2-7-15-10/h1-5,7,14H,6,8-9H2. The molecule has 3 nitrogen and oxygen atoms in total. The van der Waals surface area contributed by atoms with Gasteiger partial charge < -0.3 is 9.73 Å². The monoisotopic (exact) mass is 236 g/mol.